The minimum atomic E-state index is -5.04. The van der Waals surface area contributed by atoms with Gasteiger partial charge in [0.1, 0.15) is 10.1 Å². The van der Waals surface area contributed by atoms with Gasteiger partial charge >= 0.3 is 41.5 Å². The summed E-state index contributed by atoms with van der Waals surface area (Å²) in [4.78, 5) is 24.9. The van der Waals surface area contributed by atoms with Crippen LogP contribution in [0.25, 0.3) is 0 Å². The maximum Gasteiger partial charge on any atom is 1.00 e. The number of ether oxygens (including phenoxy) is 2. The Kier molecular flexibility index (Phi) is 14.0. The van der Waals surface area contributed by atoms with Crippen LogP contribution >= 0.6 is 0 Å². The van der Waals surface area contributed by atoms with Crippen LogP contribution in [-0.2, 0) is 29.2 Å². The number of carbonyl (C=O) groups excluding carboxylic acids is 2. The van der Waals surface area contributed by atoms with Crippen molar-refractivity contribution in [2.45, 2.75) is 90.2 Å². The molecule has 30 heavy (non-hydrogen) atoms. The number of carbonyl (C=O) groups is 2. The maximum absolute atomic E-state index is 12.5. The Balaban J connectivity index is 0.00000841. The molecular formula is C21H37NaO7S. The van der Waals surface area contributed by atoms with E-state index in [1.807, 2.05) is 13.8 Å². The molecule has 0 spiro atoms. The fraction of sp³-hybridized carbons (Fsp3) is 0.905. The Morgan fingerprint density at radius 2 is 1.43 bits per heavy atom. The normalized spacial score (nSPS) is 22.5. The zero-order chi connectivity index (χ0) is 22.1. The molecule has 0 aromatic carbocycles. The molecule has 0 heterocycles. The first kappa shape index (κ1) is 29.9. The molecule has 7 nitrogen and oxygen atoms in total. The van der Waals surface area contributed by atoms with Gasteiger partial charge < -0.3 is 14.0 Å². The van der Waals surface area contributed by atoms with Gasteiger partial charge in [-0.25, -0.2) is 8.42 Å². The average Bonchev–Trinajstić information content (AvgIpc) is 3.45. The molecule has 4 atom stereocenters. The Bertz CT molecular complexity index is 637. The van der Waals surface area contributed by atoms with E-state index in [0.717, 1.165) is 51.4 Å². The summed E-state index contributed by atoms with van der Waals surface area (Å²) >= 11 is 0. The number of hydrogen-bond acceptors (Lipinski definition) is 7. The second kappa shape index (κ2) is 14.1. The van der Waals surface area contributed by atoms with Gasteiger partial charge in [-0.15, -0.1) is 0 Å². The summed E-state index contributed by atoms with van der Waals surface area (Å²) in [5, 5.41) is 0. The Labute approximate surface area is 204 Å². The van der Waals surface area contributed by atoms with Gasteiger partial charge in [0.05, 0.1) is 19.1 Å². The molecule has 0 aromatic rings. The molecule has 1 aliphatic carbocycles. The molecule has 0 bridgehead atoms. The first-order valence-electron chi connectivity index (χ1n) is 11.0. The van der Waals surface area contributed by atoms with Gasteiger partial charge in [-0.2, -0.15) is 0 Å². The van der Waals surface area contributed by atoms with Gasteiger partial charge in [0.15, 0.2) is 4.75 Å². The molecular weight excluding hydrogens is 419 g/mol. The van der Waals surface area contributed by atoms with Crippen LogP contribution < -0.4 is 29.6 Å². The number of hydrogen-bond donors (Lipinski definition) is 0. The summed E-state index contributed by atoms with van der Waals surface area (Å²) in [5.41, 5.74) is 0. The van der Waals surface area contributed by atoms with Crippen LogP contribution in [0.15, 0.2) is 0 Å². The van der Waals surface area contributed by atoms with Gasteiger partial charge in [0.25, 0.3) is 0 Å². The van der Waals surface area contributed by atoms with Gasteiger partial charge in [-0.05, 0) is 31.1 Å². The predicted octanol–water partition coefficient (Wildman–Crippen LogP) is 0.814. The molecule has 9 heteroatoms. The van der Waals surface area contributed by atoms with Crippen LogP contribution in [0.5, 0.6) is 0 Å². The van der Waals surface area contributed by atoms with Crippen molar-refractivity contribution in [2.24, 2.45) is 17.8 Å². The van der Waals surface area contributed by atoms with Crippen LogP contribution in [0.3, 0.4) is 0 Å². The van der Waals surface area contributed by atoms with E-state index in [0.29, 0.717) is 0 Å². The second-order valence-corrected chi connectivity index (χ2v) is 9.80. The first-order valence-corrected chi connectivity index (χ1v) is 12.4. The second-order valence-electron chi connectivity index (χ2n) is 8.16. The monoisotopic (exact) mass is 456 g/mol. The molecule has 0 aromatic heterocycles. The van der Waals surface area contributed by atoms with Crippen molar-refractivity contribution >= 4 is 22.1 Å². The topological polar surface area (TPSA) is 110 Å². The molecule has 4 unspecified atom stereocenters. The molecule has 0 amide bonds. The molecule has 0 N–H and O–H groups in total. The summed E-state index contributed by atoms with van der Waals surface area (Å²) in [5.74, 6) is -2.88. The van der Waals surface area contributed by atoms with E-state index in [9.17, 15) is 22.6 Å². The van der Waals surface area contributed by atoms with E-state index < -0.39 is 32.7 Å². The fourth-order valence-corrected chi connectivity index (χ4v) is 4.61. The third-order valence-corrected chi connectivity index (χ3v) is 7.49. The van der Waals surface area contributed by atoms with Gasteiger partial charge in [-0.3, -0.25) is 9.59 Å². The van der Waals surface area contributed by atoms with Gasteiger partial charge in [-0.1, -0.05) is 66.2 Å². The quantitative estimate of drug-likeness (QED) is 0.204. The third-order valence-electron chi connectivity index (χ3n) is 5.98. The van der Waals surface area contributed by atoms with Crippen LogP contribution in [0.4, 0.5) is 0 Å². The van der Waals surface area contributed by atoms with E-state index in [2.05, 4.69) is 13.8 Å². The van der Waals surface area contributed by atoms with E-state index >= 15 is 0 Å². The van der Waals surface area contributed by atoms with Crippen molar-refractivity contribution < 1.29 is 61.6 Å². The van der Waals surface area contributed by atoms with Crippen molar-refractivity contribution in [1.29, 1.82) is 0 Å². The predicted molar refractivity (Wildman–Crippen MR) is 109 cm³/mol. The third kappa shape index (κ3) is 8.08. The number of esters is 2. The minimum absolute atomic E-state index is 0. The van der Waals surface area contributed by atoms with Crippen LogP contribution in [0.1, 0.15) is 85.5 Å². The number of rotatable bonds is 15. The number of unbranched alkanes of at least 4 members (excludes halogenated alkanes) is 2. The molecule has 0 radical (unpaired) electrons. The van der Waals surface area contributed by atoms with E-state index in [-0.39, 0.29) is 61.0 Å². The molecule has 0 aliphatic heterocycles. The summed E-state index contributed by atoms with van der Waals surface area (Å²) < 4.78 is 43.6. The maximum atomic E-state index is 12.5. The summed E-state index contributed by atoms with van der Waals surface area (Å²) in [6.45, 7) is 8.33. The smallest absolute Gasteiger partial charge is 0.747 e. The van der Waals surface area contributed by atoms with Crippen LogP contribution in [-0.4, -0.2) is 42.9 Å². The molecule has 1 fully saturated rings. The Morgan fingerprint density at radius 1 is 0.967 bits per heavy atom. The molecule has 170 valence electrons. The van der Waals surface area contributed by atoms with Crippen molar-refractivity contribution in [3.8, 4) is 0 Å². The summed E-state index contributed by atoms with van der Waals surface area (Å²) in [7, 11) is -5.04. The Hall–Kier alpha value is -0.150. The molecule has 0 saturated heterocycles. The zero-order valence-corrected chi connectivity index (χ0v) is 22.1. The molecule has 1 aliphatic rings. The van der Waals surface area contributed by atoms with E-state index in [1.54, 1.807) is 0 Å². The van der Waals surface area contributed by atoms with Crippen LogP contribution in [0.2, 0.25) is 0 Å². The van der Waals surface area contributed by atoms with Crippen LogP contribution in [0, 0.1) is 17.8 Å². The van der Waals surface area contributed by atoms with Crippen molar-refractivity contribution in [3.05, 3.63) is 0 Å². The standard InChI is InChI=1S/C21H38O7S.Na/c1-5-9-11-16(7-3)14-27-19(22)18-13-21(18,29(24,25)26)20(23)28-15-17(8-4)12-10-6-2;/h16-18H,5-15H2,1-4H3,(H,24,25,26);/q;+1/p-1. The van der Waals surface area contributed by atoms with Gasteiger partial charge in [0, 0.05) is 0 Å². The largest absolute Gasteiger partial charge is 1.00 e. The van der Waals surface area contributed by atoms with Crippen molar-refractivity contribution in [2.75, 3.05) is 13.2 Å². The van der Waals surface area contributed by atoms with Gasteiger partial charge in [0.2, 0.25) is 0 Å². The fourth-order valence-electron chi connectivity index (χ4n) is 3.53. The molecule has 1 saturated carbocycles. The van der Waals surface area contributed by atoms with Crippen molar-refractivity contribution in [1.82, 2.24) is 0 Å². The summed E-state index contributed by atoms with van der Waals surface area (Å²) in [6, 6.07) is 0. The average molecular weight is 457 g/mol. The SMILES string of the molecule is CCCCC(CC)COC(=O)C1CC1(C(=O)OCC(CC)CCCC)S(=O)(=O)[O-].[Na+]. The minimum Gasteiger partial charge on any atom is -0.747 e. The zero-order valence-electron chi connectivity index (χ0n) is 19.3. The molecule has 1 rings (SSSR count). The van der Waals surface area contributed by atoms with Crippen molar-refractivity contribution in [3.63, 3.8) is 0 Å². The first-order chi connectivity index (χ1) is 13.7. The Morgan fingerprint density at radius 3 is 1.83 bits per heavy atom. The van der Waals surface area contributed by atoms with E-state index in [4.69, 9.17) is 9.47 Å². The summed E-state index contributed by atoms with van der Waals surface area (Å²) in [6.07, 6.45) is 7.07. The van der Waals surface area contributed by atoms with E-state index in [1.165, 1.54) is 0 Å².